The van der Waals surface area contributed by atoms with E-state index in [2.05, 4.69) is 15.4 Å². The molecule has 0 bridgehead atoms. The molecule has 1 fully saturated rings. The Morgan fingerprint density at radius 3 is 2.87 bits per heavy atom. The first-order valence-electron chi connectivity index (χ1n) is 5.98. The van der Waals surface area contributed by atoms with Crippen LogP contribution in [0.1, 0.15) is 32.1 Å². The van der Waals surface area contributed by atoms with Gasteiger partial charge in [-0.05, 0) is 25.3 Å². The molecule has 1 aliphatic rings. The standard InChI is InChI=1S/C11H20N4/c1-2-4-11(5-3-1)8-12-6-7-15-10-13-9-14-15/h9-12H,1-8H2. The summed E-state index contributed by atoms with van der Waals surface area (Å²) in [6.45, 7) is 3.10. The maximum atomic E-state index is 4.07. The summed E-state index contributed by atoms with van der Waals surface area (Å²) in [5, 5.41) is 7.57. The molecule has 4 heteroatoms. The number of hydrogen-bond donors (Lipinski definition) is 1. The van der Waals surface area contributed by atoms with E-state index in [0.717, 1.165) is 19.0 Å². The third kappa shape index (κ3) is 3.63. The molecule has 2 rings (SSSR count). The number of nitrogens with one attached hydrogen (secondary N) is 1. The molecule has 1 aliphatic carbocycles. The molecule has 1 aromatic heterocycles. The lowest BCUT2D eigenvalue weighted by Crippen LogP contribution is -2.27. The minimum atomic E-state index is 0.912. The summed E-state index contributed by atoms with van der Waals surface area (Å²) in [6.07, 6.45) is 10.5. The largest absolute Gasteiger partial charge is 0.315 e. The Morgan fingerprint density at radius 1 is 1.27 bits per heavy atom. The third-order valence-electron chi connectivity index (χ3n) is 3.14. The van der Waals surface area contributed by atoms with E-state index < -0.39 is 0 Å². The van der Waals surface area contributed by atoms with Crippen molar-refractivity contribution in [3.05, 3.63) is 12.7 Å². The van der Waals surface area contributed by atoms with Crippen LogP contribution < -0.4 is 5.32 Å². The van der Waals surface area contributed by atoms with Crippen molar-refractivity contribution in [3.8, 4) is 0 Å². The molecule has 4 nitrogen and oxygen atoms in total. The molecule has 15 heavy (non-hydrogen) atoms. The third-order valence-corrected chi connectivity index (χ3v) is 3.14. The highest BCUT2D eigenvalue weighted by molar-refractivity contribution is 4.68. The lowest BCUT2D eigenvalue weighted by molar-refractivity contribution is 0.339. The molecule has 1 saturated carbocycles. The Kier molecular flexibility index (Phi) is 4.14. The summed E-state index contributed by atoms with van der Waals surface area (Å²) in [5.41, 5.74) is 0. The molecule has 0 aromatic carbocycles. The number of hydrogen-bond acceptors (Lipinski definition) is 3. The second-order valence-corrected chi connectivity index (χ2v) is 4.37. The average Bonchev–Trinajstić information content (AvgIpc) is 2.79. The highest BCUT2D eigenvalue weighted by Crippen LogP contribution is 2.22. The van der Waals surface area contributed by atoms with E-state index in [1.807, 2.05) is 4.68 Å². The zero-order chi connectivity index (χ0) is 10.3. The number of aromatic nitrogens is 3. The number of rotatable bonds is 5. The van der Waals surface area contributed by atoms with Crippen molar-refractivity contribution in [2.45, 2.75) is 38.6 Å². The van der Waals surface area contributed by atoms with Gasteiger partial charge in [-0.2, -0.15) is 5.10 Å². The number of nitrogens with zero attached hydrogens (tertiary/aromatic N) is 3. The summed E-state index contributed by atoms with van der Waals surface area (Å²) in [5.74, 6) is 0.912. The van der Waals surface area contributed by atoms with Crippen molar-refractivity contribution in [2.24, 2.45) is 5.92 Å². The van der Waals surface area contributed by atoms with Gasteiger partial charge in [0.2, 0.25) is 0 Å². The minimum Gasteiger partial charge on any atom is -0.315 e. The topological polar surface area (TPSA) is 42.7 Å². The average molecular weight is 208 g/mol. The summed E-state index contributed by atoms with van der Waals surface area (Å²) < 4.78 is 1.87. The predicted octanol–water partition coefficient (Wildman–Crippen LogP) is 1.45. The Bertz CT molecular complexity index is 252. The molecule has 0 radical (unpaired) electrons. The van der Waals surface area contributed by atoms with Gasteiger partial charge < -0.3 is 5.32 Å². The second kappa shape index (κ2) is 5.85. The highest BCUT2D eigenvalue weighted by atomic mass is 15.3. The fourth-order valence-electron chi connectivity index (χ4n) is 2.24. The van der Waals surface area contributed by atoms with Gasteiger partial charge in [0.05, 0.1) is 6.54 Å². The van der Waals surface area contributed by atoms with Crippen molar-refractivity contribution in [2.75, 3.05) is 13.1 Å². The van der Waals surface area contributed by atoms with Gasteiger partial charge in [0.1, 0.15) is 12.7 Å². The van der Waals surface area contributed by atoms with Crippen LogP contribution >= 0.6 is 0 Å². The summed E-state index contributed by atoms with van der Waals surface area (Å²) in [4.78, 5) is 3.91. The quantitative estimate of drug-likeness (QED) is 0.745. The normalized spacial score (nSPS) is 18.1. The molecule has 0 aliphatic heterocycles. The molecule has 1 N–H and O–H groups in total. The van der Waals surface area contributed by atoms with Gasteiger partial charge in [0.15, 0.2) is 0 Å². The van der Waals surface area contributed by atoms with E-state index in [1.54, 1.807) is 12.7 Å². The van der Waals surface area contributed by atoms with Crippen molar-refractivity contribution in [3.63, 3.8) is 0 Å². The summed E-state index contributed by atoms with van der Waals surface area (Å²) in [7, 11) is 0. The van der Waals surface area contributed by atoms with Gasteiger partial charge in [-0.15, -0.1) is 0 Å². The van der Waals surface area contributed by atoms with E-state index in [4.69, 9.17) is 0 Å². The van der Waals surface area contributed by atoms with E-state index in [-0.39, 0.29) is 0 Å². The molecule has 0 unspecified atom stereocenters. The van der Waals surface area contributed by atoms with Crippen LogP contribution in [-0.2, 0) is 6.54 Å². The maximum absolute atomic E-state index is 4.07. The van der Waals surface area contributed by atoms with Crippen LogP contribution in [0.15, 0.2) is 12.7 Å². The molecule has 84 valence electrons. The molecule has 0 amide bonds. The van der Waals surface area contributed by atoms with Gasteiger partial charge >= 0.3 is 0 Å². The predicted molar refractivity (Wildman–Crippen MR) is 59.5 cm³/mol. The zero-order valence-corrected chi connectivity index (χ0v) is 9.23. The van der Waals surface area contributed by atoms with Crippen LogP contribution in [0.3, 0.4) is 0 Å². The van der Waals surface area contributed by atoms with Crippen LogP contribution in [0.5, 0.6) is 0 Å². The van der Waals surface area contributed by atoms with Gasteiger partial charge in [-0.3, -0.25) is 4.68 Å². The molecule has 0 saturated heterocycles. The van der Waals surface area contributed by atoms with Gasteiger partial charge in [0.25, 0.3) is 0 Å². The van der Waals surface area contributed by atoms with Crippen molar-refractivity contribution in [1.29, 1.82) is 0 Å². The first-order chi connectivity index (χ1) is 7.45. The summed E-state index contributed by atoms with van der Waals surface area (Å²) >= 11 is 0. The van der Waals surface area contributed by atoms with Gasteiger partial charge in [-0.25, -0.2) is 4.98 Å². The van der Waals surface area contributed by atoms with Gasteiger partial charge in [0, 0.05) is 6.54 Å². The molecular formula is C11H20N4. The van der Waals surface area contributed by atoms with E-state index in [9.17, 15) is 0 Å². The van der Waals surface area contributed by atoms with Crippen LogP contribution in [0.4, 0.5) is 0 Å². The molecule has 1 heterocycles. The maximum Gasteiger partial charge on any atom is 0.137 e. The molecule has 0 atom stereocenters. The van der Waals surface area contributed by atoms with Crippen LogP contribution in [0, 0.1) is 5.92 Å². The monoisotopic (exact) mass is 208 g/mol. The SMILES string of the molecule is c1ncn(CCNCC2CCCCC2)n1. The zero-order valence-electron chi connectivity index (χ0n) is 9.23. The lowest BCUT2D eigenvalue weighted by atomic mass is 9.89. The van der Waals surface area contributed by atoms with Crippen molar-refractivity contribution >= 4 is 0 Å². The van der Waals surface area contributed by atoms with Crippen LogP contribution in [-0.4, -0.2) is 27.9 Å². The fraction of sp³-hybridized carbons (Fsp3) is 0.818. The van der Waals surface area contributed by atoms with Crippen LogP contribution in [0.2, 0.25) is 0 Å². The summed E-state index contributed by atoms with van der Waals surface area (Å²) in [6, 6.07) is 0. The minimum absolute atomic E-state index is 0.912. The lowest BCUT2D eigenvalue weighted by Gasteiger charge is -2.21. The van der Waals surface area contributed by atoms with E-state index >= 15 is 0 Å². The smallest absolute Gasteiger partial charge is 0.137 e. The Morgan fingerprint density at radius 2 is 2.13 bits per heavy atom. The molecule has 0 spiro atoms. The first kappa shape index (κ1) is 10.6. The fourth-order valence-corrected chi connectivity index (χ4v) is 2.24. The highest BCUT2D eigenvalue weighted by Gasteiger charge is 2.12. The van der Waals surface area contributed by atoms with E-state index in [1.165, 1.54) is 38.6 Å². The molecule has 1 aromatic rings. The first-order valence-corrected chi connectivity index (χ1v) is 5.98. The van der Waals surface area contributed by atoms with Crippen molar-refractivity contribution < 1.29 is 0 Å². The molecular weight excluding hydrogens is 188 g/mol. The van der Waals surface area contributed by atoms with Gasteiger partial charge in [-0.1, -0.05) is 19.3 Å². The van der Waals surface area contributed by atoms with Crippen LogP contribution in [0.25, 0.3) is 0 Å². The Balaban J connectivity index is 1.54. The van der Waals surface area contributed by atoms with Crippen molar-refractivity contribution in [1.82, 2.24) is 20.1 Å². The Labute approximate surface area is 91.1 Å². The van der Waals surface area contributed by atoms with E-state index in [0.29, 0.717) is 0 Å². The second-order valence-electron chi connectivity index (χ2n) is 4.37. The Hall–Kier alpha value is -0.900.